The Morgan fingerprint density at radius 2 is 1.90 bits per heavy atom. The van der Waals surface area contributed by atoms with E-state index in [1.807, 2.05) is 24.3 Å². The number of hydrogen-bond acceptors (Lipinski definition) is 3. The third-order valence-corrected chi connectivity index (χ3v) is 5.94. The Labute approximate surface area is 124 Å². The summed E-state index contributed by atoms with van der Waals surface area (Å²) in [5.41, 5.74) is 3.07. The minimum Gasteiger partial charge on any atom is -0.392 e. The highest BCUT2D eigenvalue weighted by atomic mass is 32.2. The summed E-state index contributed by atoms with van der Waals surface area (Å²) in [5, 5.41) is 9.32. The molecule has 0 aromatic heterocycles. The molecule has 0 atom stereocenters. The molecule has 4 nitrogen and oxygen atoms in total. The van der Waals surface area contributed by atoms with E-state index in [0.29, 0.717) is 17.7 Å². The second-order valence-corrected chi connectivity index (χ2v) is 6.99. The smallest absolute Gasteiger partial charge is 0.264 e. The summed E-state index contributed by atoms with van der Waals surface area (Å²) in [7, 11) is -3.59. The zero-order valence-electron chi connectivity index (χ0n) is 11.8. The highest BCUT2D eigenvalue weighted by Gasteiger charge is 2.31. The van der Waals surface area contributed by atoms with Crippen molar-refractivity contribution in [3.8, 4) is 0 Å². The quantitative estimate of drug-likeness (QED) is 0.946. The molecule has 1 heterocycles. The molecule has 0 saturated heterocycles. The molecule has 0 fully saturated rings. The second-order valence-electron chi connectivity index (χ2n) is 5.15. The van der Waals surface area contributed by atoms with Gasteiger partial charge in [-0.2, -0.15) is 0 Å². The fraction of sp³-hybridized carbons (Fsp3) is 0.250. The largest absolute Gasteiger partial charge is 0.392 e. The normalized spacial score (nSPS) is 14.3. The van der Waals surface area contributed by atoms with Crippen LogP contribution >= 0.6 is 0 Å². The van der Waals surface area contributed by atoms with E-state index in [1.54, 1.807) is 25.1 Å². The Morgan fingerprint density at radius 1 is 1.14 bits per heavy atom. The third-order valence-electron chi connectivity index (χ3n) is 3.98. The van der Waals surface area contributed by atoms with Crippen LogP contribution < -0.4 is 4.31 Å². The summed E-state index contributed by atoms with van der Waals surface area (Å²) in [6.45, 7) is 2.04. The first-order chi connectivity index (χ1) is 10.1. The topological polar surface area (TPSA) is 57.6 Å². The number of aliphatic hydroxyl groups excluding tert-OH is 1. The number of anilines is 1. The Hall–Kier alpha value is -1.85. The summed E-state index contributed by atoms with van der Waals surface area (Å²) >= 11 is 0. The van der Waals surface area contributed by atoms with Crippen molar-refractivity contribution in [3.63, 3.8) is 0 Å². The van der Waals surface area contributed by atoms with E-state index >= 15 is 0 Å². The minimum atomic E-state index is -3.59. The van der Waals surface area contributed by atoms with E-state index in [2.05, 4.69) is 0 Å². The molecule has 0 saturated carbocycles. The predicted molar refractivity (Wildman–Crippen MR) is 81.8 cm³/mol. The van der Waals surface area contributed by atoms with Crippen LogP contribution in [0.1, 0.15) is 16.7 Å². The number of benzene rings is 2. The fourth-order valence-corrected chi connectivity index (χ4v) is 4.56. The van der Waals surface area contributed by atoms with Crippen LogP contribution in [0.15, 0.2) is 47.4 Å². The van der Waals surface area contributed by atoms with Crippen LogP contribution in [0.25, 0.3) is 0 Å². The van der Waals surface area contributed by atoms with Gasteiger partial charge in [-0.3, -0.25) is 4.31 Å². The van der Waals surface area contributed by atoms with Crippen LogP contribution in [0.2, 0.25) is 0 Å². The molecule has 110 valence electrons. The monoisotopic (exact) mass is 303 g/mol. The molecule has 2 aromatic rings. The zero-order valence-corrected chi connectivity index (χ0v) is 12.6. The van der Waals surface area contributed by atoms with Crippen LogP contribution in [-0.4, -0.2) is 20.1 Å². The van der Waals surface area contributed by atoms with Crippen LogP contribution in [-0.2, 0) is 23.1 Å². The maximum absolute atomic E-state index is 12.9. The molecule has 1 aliphatic heterocycles. The van der Waals surface area contributed by atoms with Gasteiger partial charge in [0.25, 0.3) is 10.0 Å². The fourth-order valence-electron chi connectivity index (χ4n) is 2.79. The second kappa shape index (κ2) is 5.16. The average Bonchev–Trinajstić information content (AvgIpc) is 2.92. The van der Waals surface area contributed by atoms with Crippen molar-refractivity contribution in [2.75, 3.05) is 10.8 Å². The Kier molecular flexibility index (Phi) is 3.47. The molecule has 0 aliphatic carbocycles. The number of para-hydroxylation sites is 1. The molecule has 2 aromatic carbocycles. The van der Waals surface area contributed by atoms with E-state index in [9.17, 15) is 13.5 Å². The van der Waals surface area contributed by atoms with Crippen molar-refractivity contribution in [2.45, 2.75) is 24.8 Å². The maximum atomic E-state index is 12.9. The molecule has 0 unspecified atom stereocenters. The van der Waals surface area contributed by atoms with Gasteiger partial charge in [0, 0.05) is 6.54 Å². The molecule has 1 N–H and O–H groups in total. The Balaban J connectivity index is 2.11. The van der Waals surface area contributed by atoms with Crippen LogP contribution in [0.5, 0.6) is 0 Å². The van der Waals surface area contributed by atoms with Gasteiger partial charge in [-0.15, -0.1) is 0 Å². The van der Waals surface area contributed by atoms with E-state index in [1.165, 1.54) is 4.31 Å². The lowest BCUT2D eigenvalue weighted by Crippen LogP contribution is -2.29. The first-order valence-electron chi connectivity index (χ1n) is 6.85. The first-order valence-corrected chi connectivity index (χ1v) is 8.29. The molecule has 3 rings (SSSR count). The average molecular weight is 303 g/mol. The van der Waals surface area contributed by atoms with Crippen molar-refractivity contribution in [3.05, 3.63) is 59.2 Å². The Bertz CT molecular complexity index is 784. The van der Waals surface area contributed by atoms with Gasteiger partial charge in [0.2, 0.25) is 0 Å². The zero-order chi connectivity index (χ0) is 15.0. The molecular formula is C16H17NO3S. The molecule has 21 heavy (non-hydrogen) atoms. The van der Waals surface area contributed by atoms with Gasteiger partial charge in [0.15, 0.2) is 0 Å². The van der Waals surface area contributed by atoms with E-state index in [-0.39, 0.29) is 11.5 Å². The summed E-state index contributed by atoms with van der Waals surface area (Å²) in [4.78, 5) is 0.269. The molecule has 0 bridgehead atoms. The van der Waals surface area contributed by atoms with Crippen LogP contribution in [0.3, 0.4) is 0 Å². The van der Waals surface area contributed by atoms with Crippen molar-refractivity contribution >= 4 is 15.7 Å². The van der Waals surface area contributed by atoms with Crippen LogP contribution in [0, 0.1) is 6.92 Å². The summed E-state index contributed by atoms with van der Waals surface area (Å²) < 4.78 is 27.3. The van der Waals surface area contributed by atoms with Gasteiger partial charge in [-0.25, -0.2) is 8.42 Å². The number of hydrogen-bond donors (Lipinski definition) is 1. The first kappa shape index (κ1) is 14.1. The van der Waals surface area contributed by atoms with E-state index < -0.39 is 10.0 Å². The molecule has 0 spiro atoms. The van der Waals surface area contributed by atoms with Gasteiger partial charge in [0.1, 0.15) is 0 Å². The molecule has 0 amide bonds. The molecular weight excluding hydrogens is 286 g/mol. The van der Waals surface area contributed by atoms with Gasteiger partial charge < -0.3 is 5.11 Å². The highest BCUT2D eigenvalue weighted by Crippen LogP contribution is 2.33. The van der Waals surface area contributed by atoms with Crippen molar-refractivity contribution in [1.29, 1.82) is 0 Å². The predicted octanol–water partition coefficient (Wildman–Crippen LogP) is 2.24. The molecule has 0 radical (unpaired) electrons. The number of sulfonamides is 1. The van der Waals surface area contributed by atoms with Gasteiger partial charge in [-0.05, 0) is 42.2 Å². The maximum Gasteiger partial charge on any atom is 0.264 e. The molecule has 1 aliphatic rings. The van der Waals surface area contributed by atoms with Crippen molar-refractivity contribution in [1.82, 2.24) is 0 Å². The number of fused-ring (bicyclic) bond motifs is 1. The lowest BCUT2D eigenvalue weighted by molar-refractivity contribution is 0.280. The van der Waals surface area contributed by atoms with E-state index in [4.69, 9.17) is 0 Å². The van der Waals surface area contributed by atoms with Gasteiger partial charge in [-0.1, -0.05) is 30.3 Å². The molecule has 5 heteroatoms. The number of rotatable bonds is 3. The highest BCUT2D eigenvalue weighted by molar-refractivity contribution is 7.93. The lowest BCUT2D eigenvalue weighted by Gasteiger charge is -2.21. The SMILES string of the molecule is Cc1c(CO)cccc1S(=O)(=O)N1CCc2ccccc21. The number of nitrogens with zero attached hydrogens (tertiary/aromatic N) is 1. The summed E-state index contributed by atoms with van der Waals surface area (Å²) in [6, 6.07) is 12.6. The number of aliphatic hydroxyl groups is 1. The summed E-state index contributed by atoms with van der Waals surface area (Å²) in [5.74, 6) is 0. The minimum absolute atomic E-state index is 0.161. The Morgan fingerprint density at radius 3 is 2.67 bits per heavy atom. The standard InChI is InChI=1S/C16H17NO3S/c1-12-14(11-18)6-4-8-16(12)21(19,20)17-10-9-13-5-2-3-7-15(13)17/h2-8,18H,9-11H2,1H3. The van der Waals surface area contributed by atoms with Crippen molar-refractivity contribution in [2.24, 2.45) is 0 Å². The van der Waals surface area contributed by atoms with Gasteiger partial charge in [0.05, 0.1) is 17.2 Å². The third kappa shape index (κ3) is 2.22. The van der Waals surface area contributed by atoms with Gasteiger partial charge >= 0.3 is 0 Å². The van der Waals surface area contributed by atoms with Crippen LogP contribution in [0.4, 0.5) is 5.69 Å². The summed E-state index contributed by atoms with van der Waals surface area (Å²) in [6.07, 6.45) is 0.730. The van der Waals surface area contributed by atoms with E-state index in [0.717, 1.165) is 17.7 Å². The van der Waals surface area contributed by atoms with Crippen molar-refractivity contribution < 1.29 is 13.5 Å². The lowest BCUT2D eigenvalue weighted by atomic mass is 10.1.